The third-order valence-corrected chi connectivity index (χ3v) is 4.67. The van der Waals surface area contributed by atoms with Gasteiger partial charge in [-0.05, 0) is 31.0 Å². The topological polar surface area (TPSA) is 49.3 Å². The van der Waals surface area contributed by atoms with Crippen LogP contribution in [0.3, 0.4) is 0 Å². The number of nitrogens with one attached hydrogen (secondary N) is 2. The average molecular weight is 351 g/mol. The molecular formula is C17H23ClN4S. The summed E-state index contributed by atoms with van der Waals surface area (Å²) < 4.78 is 0. The first-order chi connectivity index (χ1) is 11.2. The van der Waals surface area contributed by atoms with Crippen molar-refractivity contribution in [1.29, 1.82) is 0 Å². The second kappa shape index (κ2) is 9.53. The molecule has 0 amide bonds. The average Bonchev–Trinajstić information content (AvgIpc) is 3.01. The molecule has 0 aliphatic rings. The van der Waals surface area contributed by atoms with Crippen molar-refractivity contribution in [3.63, 3.8) is 0 Å². The summed E-state index contributed by atoms with van der Waals surface area (Å²) in [4.78, 5) is 10.4. The van der Waals surface area contributed by atoms with E-state index in [1.54, 1.807) is 11.3 Å². The van der Waals surface area contributed by atoms with Gasteiger partial charge in [0.15, 0.2) is 5.96 Å². The summed E-state index contributed by atoms with van der Waals surface area (Å²) in [6.07, 6.45) is 3.93. The number of aliphatic imine (C=N–C) groups is 1. The number of guanidine groups is 1. The molecule has 0 saturated heterocycles. The molecule has 2 N–H and O–H groups in total. The van der Waals surface area contributed by atoms with Crippen molar-refractivity contribution in [1.82, 2.24) is 15.6 Å². The van der Waals surface area contributed by atoms with E-state index < -0.39 is 0 Å². The van der Waals surface area contributed by atoms with E-state index in [1.807, 2.05) is 30.5 Å². The largest absolute Gasteiger partial charge is 0.357 e. The fourth-order valence-electron chi connectivity index (χ4n) is 2.06. The lowest BCUT2D eigenvalue weighted by Gasteiger charge is -2.10. The molecule has 2 aromatic rings. The molecule has 0 aliphatic carbocycles. The smallest absolute Gasteiger partial charge is 0.191 e. The van der Waals surface area contributed by atoms with Crippen LogP contribution in [0, 0.1) is 0 Å². The Kier molecular flexibility index (Phi) is 7.36. The lowest BCUT2D eigenvalue weighted by atomic mass is 10.2. The molecule has 2 rings (SSSR count). The van der Waals surface area contributed by atoms with Gasteiger partial charge in [0.2, 0.25) is 0 Å². The monoisotopic (exact) mass is 350 g/mol. The number of rotatable bonds is 7. The van der Waals surface area contributed by atoms with E-state index in [0.29, 0.717) is 6.54 Å². The molecule has 0 atom stereocenters. The van der Waals surface area contributed by atoms with Crippen LogP contribution in [0.1, 0.15) is 29.3 Å². The van der Waals surface area contributed by atoms with Gasteiger partial charge in [0.1, 0.15) is 0 Å². The highest BCUT2D eigenvalue weighted by Gasteiger charge is 2.02. The molecule has 0 spiro atoms. The first-order valence-electron chi connectivity index (χ1n) is 7.91. The van der Waals surface area contributed by atoms with Crippen molar-refractivity contribution in [2.75, 3.05) is 13.1 Å². The third-order valence-electron chi connectivity index (χ3n) is 3.23. The standard InChI is InChI=1S/C17H23ClN4S/c1-3-15-12-21-16(23-15)8-9-20-17(19-4-2)22-11-13-6-5-7-14(18)10-13/h5-7,10,12H,3-4,8-9,11H2,1-2H3,(H2,19,20,22). The molecule has 0 fully saturated rings. The molecule has 23 heavy (non-hydrogen) atoms. The second-order valence-corrected chi connectivity index (χ2v) is 6.71. The molecule has 1 aromatic carbocycles. The molecule has 0 unspecified atom stereocenters. The Bertz CT molecular complexity index is 639. The summed E-state index contributed by atoms with van der Waals surface area (Å²) in [7, 11) is 0. The molecular weight excluding hydrogens is 328 g/mol. The van der Waals surface area contributed by atoms with Gasteiger partial charge in [-0.25, -0.2) is 9.98 Å². The maximum Gasteiger partial charge on any atom is 0.191 e. The number of hydrogen-bond acceptors (Lipinski definition) is 3. The summed E-state index contributed by atoms with van der Waals surface area (Å²) in [6, 6.07) is 7.79. The summed E-state index contributed by atoms with van der Waals surface area (Å²) in [5.41, 5.74) is 1.10. The third kappa shape index (κ3) is 6.20. The van der Waals surface area contributed by atoms with Gasteiger partial charge >= 0.3 is 0 Å². The highest BCUT2D eigenvalue weighted by molar-refractivity contribution is 7.11. The number of halogens is 1. The minimum Gasteiger partial charge on any atom is -0.357 e. The first-order valence-corrected chi connectivity index (χ1v) is 9.11. The Hall–Kier alpha value is -1.59. The minimum atomic E-state index is 0.604. The molecule has 0 saturated carbocycles. The SMILES string of the molecule is CCNC(=NCc1cccc(Cl)c1)NCCc1ncc(CC)s1. The minimum absolute atomic E-state index is 0.604. The molecule has 4 nitrogen and oxygen atoms in total. The van der Waals surface area contributed by atoms with Crippen LogP contribution >= 0.6 is 22.9 Å². The summed E-state index contributed by atoms with van der Waals surface area (Å²) in [6.45, 7) is 6.47. The fraction of sp³-hybridized carbons (Fsp3) is 0.412. The van der Waals surface area contributed by atoms with Gasteiger partial charge < -0.3 is 10.6 Å². The van der Waals surface area contributed by atoms with E-state index in [9.17, 15) is 0 Å². The van der Waals surface area contributed by atoms with E-state index in [1.165, 1.54) is 9.88 Å². The van der Waals surface area contributed by atoms with Gasteiger partial charge in [0.25, 0.3) is 0 Å². The number of nitrogens with zero attached hydrogens (tertiary/aromatic N) is 2. The number of aryl methyl sites for hydroxylation is 1. The van der Waals surface area contributed by atoms with Gasteiger partial charge in [-0.15, -0.1) is 11.3 Å². The number of benzene rings is 1. The molecule has 1 aromatic heterocycles. The lowest BCUT2D eigenvalue weighted by molar-refractivity contribution is 0.796. The Labute approximate surface area is 147 Å². The number of hydrogen-bond donors (Lipinski definition) is 2. The van der Waals surface area contributed by atoms with Crippen LogP contribution in [-0.2, 0) is 19.4 Å². The molecule has 0 bridgehead atoms. The maximum absolute atomic E-state index is 6.00. The van der Waals surface area contributed by atoms with Gasteiger partial charge in [-0.3, -0.25) is 0 Å². The van der Waals surface area contributed by atoms with Gasteiger partial charge in [-0.2, -0.15) is 0 Å². The van der Waals surface area contributed by atoms with Crippen molar-refractivity contribution in [3.8, 4) is 0 Å². The summed E-state index contributed by atoms with van der Waals surface area (Å²) in [5, 5.41) is 8.52. The number of aromatic nitrogens is 1. The molecule has 0 aliphatic heterocycles. The Morgan fingerprint density at radius 3 is 2.87 bits per heavy atom. The molecule has 1 heterocycles. The van der Waals surface area contributed by atoms with Crippen LogP contribution in [0.15, 0.2) is 35.5 Å². The molecule has 6 heteroatoms. The van der Waals surface area contributed by atoms with Gasteiger partial charge in [0, 0.05) is 35.6 Å². The number of thiazole rings is 1. The fourth-order valence-corrected chi connectivity index (χ4v) is 3.14. The van der Waals surface area contributed by atoms with Crippen molar-refractivity contribution >= 4 is 28.9 Å². The first kappa shape index (κ1) is 17.8. The predicted molar refractivity (Wildman–Crippen MR) is 99.5 cm³/mol. The van der Waals surface area contributed by atoms with Crippen LogP contribution in [0.4, 0.5) is 0 Å². The van der Waals surface area contributed by atoms with Crippen molar-refractivity contribution in [3.05, 3.63) is 50.9 Å². The van der Waals surface area contributed by atoms with E-state index in [-0.39, 0.29) is 0 Å². The normalized spacial score (nSPS) is 11.5. The van der Waals surface area contributed by atoms with Crippen LogP contribution in [0.25, 0.3) is 0 Å². The van der Waals surface area contributed by atoms with E-state index in [4.69, 9.17) is 11.6 Å². The van der Waals surface area contributed by atoms with Crippen LogP contribution in [0.2, 0.25) is 5.02 Å². The zero-order valence-electron chi connectivity index (χ0n) is 13.6. The van der Waals surface area contributed by atoms with E-state index in [2.05, 4.69) is 34.5 Å². The Morgan fingerprint density at radius 2 is 2.17 bits per heavy atom. The van der Waals surface area contributed by atoms with Gasteiger partial charge in [-0.1, -0.05) is 30.7 Å². The Balaban J connectivity index is 1.86. The summed E-state index contributed by atoms with van der Waals surface area (Å²) in [5.74, 6) is 0.819. The van der Waals surface area contributed by atoms with Crippen LogP contribution in [-0.4, -0.2) is 24.0 Å². The van der Waals surface area contributed by atoms with E-state index in [0.717, 1.165) is 42.5 Å². The van der Waals surface area contributed by atoms with Crippen molar-refractivity contribution in [2.45, 2.75) is 33.2 Å². The Morgan fingerprint density at radius 1 is 1.30 bits per heavy atom. The summed E-state index contributed by atoms with van der Waals surface area (Å²) >= 11 is 7.78. The maximum atomic E-state index is 6.00. The quantitative estimate of drug-likeness (QED) is 0.592. The van der Waals surface area contributed by atoms with Gasteiger partial charge in [0.05, 0.1) is 11.6 Å². The van der Waals surface area contributed by atoms with Crippen LogP contribution in [0.5, 0.6) is 0 Å². The highest BCUT2D eigenvalue weighted by Crippen LogP contribution is 2.13. The zero-order valence-corrected chi connectivity index (χ0v) is 15.2. The second-order valence-electron chi connectivity index (χ2n) is 5.08. The van der Waals surface area contributed by atoms with E-state index >= 15 is 0 Å². The van der Waals surface area contributed by atoms with Crippen molar-refractivity contribution < 1.29 is 0 Å². The lowest BCUT2D eigenvalue weighted by Crippen LogP contribution is -2.38. The zero-order chi connectivity index (χ0) is 16.5. The van der Waals surface area contributed by atoms with Crippen molar-refractivity contribution in [2.24, 2.45) is 4.99 Å². The molecule has 0 radical (unpaired) electrons. The highest BCUT2D eigenvalue weighted by atomic mass is 35.5. The molecule has 124 valence electrons. The van der Waals surface area contributed by atoms with Crippen LogP contribution < -0.4 is 10.6 Å². The predicted octanol–water partition coefficient (Wildman–Crippen LogP) is 3.66.